The highest BCUT2D eigenvalue weighted by Crippen LogP contribution is 2.08. The van der Waals surface area contributed by atoms with E-state index < -0.39 is 0 Å². The van der Waals surface area contributed by atoms with Gasteiger partial charge in [-0.25, -0.2) is 0 Å². The van der Waals surface area contributed by atoms with Crippen LogP contribution in [0.1, 0.15) is 11.5 Å². The number of rotatable bonds is 2. The van der Waals surface area contributed by atoms with Gasteiger partial charge in [-0.1, -0.05) is 5.21 Å². The predicted molar refractivity (Wildman–Crippen MR) is 48.9 cm³/mol. The lowest BCUT2D eigenvalue weighted by Crippen LogP contribution is -1.93. The molecule has 0 spiro atoms. The number of halogens is 1. The van der Waals surface area contributed by atoms with E-state index in [0.29, 0.717) is 12.2 Å². The first kappa shape index (κ1) is 8.31. The summed E-state index contributed by atoms with van der Waals surface area (Å²) in [6.07, 6.45) is 2.35. The molecule has 66 valence electrons. The number of tetrazole rings is 1. The molecule has 5 nitrogen and oxygen atoms in total. The molecule has 0 bridgehead atoms. The molecular weight excluding hydrogens is 234 g/mol. The smallest absolute Gasteiger partial charge is 0.180 e. The summed E-state index contributed by atoms with van der Waals surface area (Å²) >= 11 is 3.31. The third-order valence-corrected chi connectivity index (χ3v) is 1.99. The summed E-state index contributed by atoms with van der Waals surface area (Å²) in [5, 5.41) is 13.5. The molecular formula is C7H6BrN5. The molecule has 2 aromatic heterocycles. The molecule has 1 N–H and O–H groups in total. The van der Waals surface area contributed by atoms with Crippen molar-refractivity contribution in [3.8, 4) is 0 Å². The van der Waals surface area contributed by atoms with Gasteiger partial charge in [-0.05, 0) is 28.1 Å². The lowest BCUT2D eigenvalue weighted by atomic mass is 10.3. The summed E-state index contributed by atoms with van der Waals surface area (Å²) < 4.78 is 0.962. The second-order valence-corrected chi connectivity index (χ2v) is 3.39. The van der Waals surface area contributed by atoms with Gasteiger partial charge in [0.05, 0.1) is 6.42 Å². The highest BCUT2D eigenvalue weighted by Gasteiger charge is 2.00. The zero-order valence-corrected chi connectivity index (χ0v) is 8.19. The number of pyridine rings is 1. The van der Waals surface area contributed by atoms with Gasteiger partial charge in [0.1, 0.15) is 0 Å². The molecule has 0 saturated carbocycles. The minimum atomic E-state index is 0.601. The quantitative estimate of drug-likeness (QED) is 0.848. The molecule has 0 unspecified atom stereocenters. The van der Waals surface area contributed by atoms with Crippen LogP contribution in [0.4, 0.5) is 0 Å². The van der Waals surface area contributed by atoms with Gasteiger partial charge in [0.25, 0.3) is 0 Å². The molecule has 0 aliphatic rings. The Morgan fingerprint density at radius 3 is 2.92 bits per heavy atom. The lowest BCUT2D eigenvalue weighted by Gasteiger charge is -1.94. The van der Waals surface area contributed by atoms with Crippen LogP contribution in [0.5, 0.6) is 0 Å². The minimum absolute atomic E-state index is 0.601. The van der Waals surface area contributed by atoms with Gasteiger partial charge in [-0.3, -0.25) is 4.98 Å². The van der Waals surface area contributed by atoms with Gasteiger partial charge < -0.3 is 0 Å². The molecule has 2 rings (SSSR count). The summed E-state index contributed by atoms with van der Waals surface area (Å²) in [7, 11) is 0. The fourth-order valence-electron chi connectivity index (χ4n) is 0.930. The topological polar surface area (TPSA) is 67.3 Å². The number of nitrogens with zero attached hydrogens (tertiary/aromatic N) is 4. The summed E-state index contributed by atoms with van der Waals surface area (Å²) in [6, 6.07) is 3.85. The van der Waals surface area contributed by atoms with Crippen LogP contribution in [0.25, 0.3) is 0 Å². The number of aromatic amines is 1. The van der Waals surface area contributed by atoms with Crippen molar-refractivity contribution in [3.05, 3.63) is 34.3 Å². The average molecular weight is 240 g/mol. The second-order valence-electron chi connectivity index (χ2n) is 2.47. The van der Waals surface area contributed by atoms with E-state index in [1.165, 1.54) is 0 Å². The van der Waals surface area contributed by atoms with Gasteiger partial charge in [0.15, 0.2) is 5.82 Å². The van der Waals surface area contributed by atoms with E-state index in [1.807, 2.05) is 12.1 Å². The van der Waals surface area contributed by atoms with E-state index in [4.69, 9.17) is 0 Å². The third kappa shape index (κ3) is 2.09. The Labute approximate surface area is 82.7 Å². The van der Waals surface area contributed by atoms with Crippen LogP contribution in [-0.4, -0.2) is 25.6 Å². The fourth-order valence-corrected chi connectivity index (χ4v) is 1.16. The first-order chi connectivity index (χ1) is 6.34. The number of aromatic nitrogens is 5. The SMILES string of the molecule is Brc1ccc(Cc2nn[nH]n2)nc1. The van der Waals surface area contributed by atoms with Crippen LogP contribution in [-0.2, 0) is 6.42 Å². The van der Waals surface area contributed by atoms with Crippen molar-refractivity contribution in [2.75, 3.05) is 0 Å². The number of hydrogen-bond acceptors (Lipinski definition) is 4. The molecule has 0 saturated heterocycles. The molecule has 6 heteroatoms. The van der Waals surface area contributed by atoms with Gasteiger partial charge in [0, 0.05) is 16.4 Å². The summed E-state index contributed by atoms with van der Waals surface area (Å²) in [5.41, 5.74) is 0.921. The van der Waals surface area contributed by atoms with Crippen LogP contribution >= 0.6 is 15.9 Å². The van der Waals surface area contributed by atoms with Crippen molar-refractivity contribution in [2.45, 2.75) is 6.42 Å². The Morgan fingerprint density at radius 1 is 1.38 bits per heavy atom. The molecule has 0 aliphatic heterocycles. The Morgan fingerprint density at radius 2 is 2.31 bits per heavy atom. The third-order valence-electron chi connectivity index (χ3n) is 1.52. The molecule has 2 aromatic rings. The molecule has 2 heterocycles. The molecule has 0 amide bonds. The van der Waals surface area contributed by atoms with Crippen LogP contribution in [0.2, 0.25) is 0 Å². The van der Waals surface area contributed by atoms with E-state index >= 15 is 0 Å². The monoisotopic (exact) mass is 239 g/mol. The lowest BCUT2D eigenvalue weighted by molar-refractivity contribution is 0.881. The Balaban J connectivity index is 2.15. The van der Waals surface area contributed by atoms with Crippen LogP contribution < -0.4 is 0 Å². The standard InChI is InChI=1S/C7H6BrN5/c8-5-1-2-6(9-4-5)3-7-10-12-13-11-7/h1-2,4H,3H2,(H,10,11,12,13). The van der Waals surface area contributed by atoms with Crippen molar-refractivity contribution in [1.29, 1.82) is 0 Å². The number of nitrogens with one attached hydrogen (secondary N) is 1. The Kier molecular flexibility index (Phi) is 2.31. The van der Waals surface area contributed by atoms with Gasteiger partial charge in [-0.2, -0.15) is 5.21 Å². The van der Waals surface area contributed by atoms with Crippen LogP contribution in [0.15, 0.2) is 22.8 Å². The Bertz CT molecular complexity index is 368. The maximum absolute atomic E-state index is 4.18. The zero-order valence-electron chi connectivity index (χ0n) is 6.61. The maximum atomic E-state index is 4.18. The first-order valence-corrected chi connectivity index (χ1v) is 4.46. The van der Waals surface area contributed by atoms with Crippen LogP contribution in [0.3, 0.4) is 0 Å². The minimum Gasteiger partial charge on any atom is -0.260 e. The van der Waals surface area contributed by atoms with E-state index in [-0.39, 0.29) is 0 Å². The van der Waals surface area contributed by atoms with Crippen molar-refractivity contribution in [3.63, 3.8) is 0 Å². The normalized spacial score (nSPS) is 10.2. The van der Waals surface area contributed by atoms with E-state index in [1.54, 1.807) is 6.20 Å². The van der Waals surface area contributed by atoms with Crippen molar-refractivity contribution < 1.29 is 0 Å². The molecule has 0 fully saturated rings. The molecule has 13 heavy (non-hydrogen) atoms. The highest BCUT2D eigenvalue weighted by atomic mass is 79.9. The first-order valence-electron chi connectivity index (χ1n) is 3.67. The van der Waals surface area contributed by atoms with Gasteiger partial charge in [0.2, 0.25) is 0 Å². The largest absolute Gasteiger partial charge is 0.260 e. The predicted octanol–water partition coefficient (Wildman–Crippen LogP) is 0.948. The zero-order chi connectivity index (χ0) is 9.10. The summed E-state index contributed by atoms with van der Waals surface area (Å²) in [6.45, 7) is 0. The second kappa shape index (κ2) is 3.61. The average Bonchev–Trinajstić information content (AvgIpc) is 2.62. The maximum Gasteiger partial charge on any atom is 0.180 e. The van der Waals surface area contributed by atoms with E-state index in [9.17, 15) is 0 Å². The number of hydrogen-bond donors (Lipinski definition) is 1. The molecule has 0 aliphatic carbocycles. The van der Waals surface area contributed by atoms with E-state index in [0.717, 1.165) is 10.2 Å². The van der Waals surface area contributed by atoms with Gasteiger partial charge in [-0.15, -0.1) is 10.2 Å². The van der Waals surface area contributed by atoms with Crippen molar-refractivity contribution in [1.82, 2.24) is 25.6 Å². The number of H-pyrrole nitrogens is 1. The summed E-state index contributed by atoms with van der Waals surface area (Å²) in [4.78, 5) is 4.18. The highest BCUT2D eigenvalue weighted by molar-refractivity contribution is 9.10. The van der Waals surface area contributed by atoms with E-state index in [2.05, 4.69) is 41.5 Å². The Hall–Kier alpha value is -1.30. The summed E-state index contributed by atoms with van der Waals surface area (Å²) in [5.74, 6) is 0.648. The molecule has 0 radical (unpaired) electrons. The van der Waals surface area contributed by atoms with Gasteiger partial charge >= 0.3 is 0 Å². The molecule has 0 aromatic carbocycles. The fraction of sp³-hybridized carbons (Fsp3) is 0.143. The van der Waals surface area contributed by atoms with Crippen molar-refractivity contribution >= 4 is 15.9 Å². The van der Waals surface area contributed by atoms with Crippen molar-refractivity contribution in [2.24, 2.45) is 0 Å². The molecule has 0 atom stereocenters. The van der Waals surface area contributed by atoms with Crippen LogP contribution in [0, 0.1) is 0 Å².